The molecule has 2 N–H and O–H groups in total. The van der Waals surface area contributed by atoms with Crippen molar-refractivity contribution in [1.82, 2.24) is 15.6 Å². The first kappa shape index (κ1) is 14.0. The van der Waals surface area contributed by atoms with Gasteiger partial charge in [-0.1, -0.05) is 0 Å². The van der Waals surface area contributed by atoms with Gasteiger partial charge in [0.05, 0.1) is 7.11 Å². The normalized spacial score (nSPS) is 14.1. The van der Waals surface area contributed by atoms with Crippen LogP contribution in [0.15, 0.2) is 23.5 Å². The van der Waals surface area contributed by atoms with Gasteiger partial charge in [0, 0.05) is 37.6 Å². The SMILES string of the molecule is COc1ccncc1CNC1=NCCCN1.I. The molecule has 0 unspecified atom stereocenters. The zero-order valence-corrected chi connectivity index (χ0v) is 12.1. The maximum atomic E-state index is 5.24. The number of hydrogen-bond acceptors (Lipinski definition) is 5. The van der Waals surface area contributed by atoms with Crippen LogP contribution in [0.1, 0.15) is 12.0 Å². The summed E-state index contributed by atoms with van der Waals surface area (Å²) in [7, 11) is 1.66. The zero-order chi connectivity index (χ0) is 11.2. The number of ether oxygens (including phenoxy) is 1. The lowest BCUT2D eigenvalue weighted by molar-refractivity contribution is 0.408. The van der Waals surface area contributed by atoms with E-state index < -0.39 is 0 Å². The topological polar surface area (TPSA) is 58.5 Å². The van der Waals surface area contributed by atoms with Gasteiger partial charge in [-0.05, 0) is 12.5 Å². The summed E-state index contributed by atoms with van der Waals surface area (Å²) in [4.78, 5) is 8.41. The van der Waals surface area contributed by atoms with Gasteiger partial charge in [0.2, 0.25) is 0 Å². The summed E-state index contributed by atoms with van der Waals surface area (Å²) >= 11 is 0. The largest absolute Gasteiger partial charge is 0.496 e. The maximum Gasteiger partial charge on any atom is 0.191 e. The van der Waals surface area contributed by atoms with Crippen molar-refractivity contribution >= 4 is 29.9 Å². The molecule has 2 heterocycles. The summed E-state index contributed by atoms with van der Waals surface area (Å²) < 4.78 is 5.24. The van der Waals surface area contributed by atoms with Crippen LogP contribution < -0.4 is 15.4 Å². The molecule has 0 aliphatic carbocycles. The van der Waals surface area contributed by atoms with Crippen molar-refractivity contribution in [3.05, 3.63) is 24.0 Å². The third kappa shape index (κ3) is 4.03. The van der Waals surface area contributed by atoms with E-state index in [1.54, 1.807) is 19.5 Å². The van der Waals surface area contributed by atoms with E-state index in [0.29, 0.717) is 6.54 Å². The van der Waals surface area contributed by atoms with Crippen molar-refractivity contribution < 1.29 is 4.74 Å². The molecule has 0 amide bonds. The number of nitrogens with one attached hydrogen (secondary N) is 2. The predicted octanol–water partition coefficient (Wildman–Crippen LogP) is 1.15. The molecule has 2 rings (SSSR count). The average Bonchev–Trinajstić information content (AvgIpc) is 2.38. The highest BCUT2D eigenvalue weighted by atomic mass is 127. The summed E-state index contributed by atoms with van der Waals surface area (Å²) in [5, 5.41) is 6.44. The van der Waals surface area contributed by atoms with Gasteiger partial charge in [0.15, 0.2) is 5.96 Å². The second kappa shape index (κ2) is 7.31. The van der Waals surface area contributed by atoms with Crippen LogP contribution in [0, 0.1) is 0 Å². The molecule has 0 saturated carbocycles. The zero-order valence-electron chi connectivity index (χ0n) is 9.77. The number of guanidine groups is 1. The minimum absolute atomic E-state index is 0. The van der Waals surface area contributed by atoms with Gasteiger partial charge in [0.1, 0.15) is 5.75 Å². The van der Waals surface area contributed by atoms with Gasteiger partial charge in [0.25, 0.3) is 0 Å². The number of aromatic nitrogens is 1. The van der Waals surface area contributed by atoms with Crippen LogP contribution in [0.3, 0.4) is 0 Å². The van der Waals surface area contributed by atoms with Gasteiger partial charge in [-0.15, -0.1) is 24.0 Å². The van der Waals surface area contributed by atoms with Crippen molar-refractivity contribution in [2.45, 2.75) is 13.0 Å². The number of aliphatic imine (C=N–C) groups is 1. The Morgan fingerprint density at radius 3 is 3.12 bits per heavy atom. The van der Waals surface area contributed by atoms with Crippen molar-refractivity contribution in [3.8, 4) is 5.75 Å². The van der Waals surface area contributed by atoms with Crippen molar-refractivity contribution in [2.24, 2.45) is 4.99 Å². The van der Waals surface area contributed by atoms with E-state index in [-0.39, 0.29) is 24.0 Å². The summed E-state index contributed by atoms with van der Waals surface area (Å²) in [5.74, 6) is 1.70. The van der Waals surface area contributed by atoms with E-state index in [2.05, 4.69) is 20.6 Å². The molecule has 6 heteroatoms. The van der Waals surface area contributed by atoms with Gasteiger partial charge >= 0.3 is 0 Å². The van der Waals surface area contributed by atoms with Gasteiger partial charge in [-0.25, -0.2) is 0 Å². The Bertz CT molecular complexity index is 383. The fourth-order valence-electron chi connectivity index (χ4n) is 1.58. The first-order valence-electron chi connectivity index (χ1n) is 5.39. The molecular weight excluding hydrogens is 331 g/mol. The van der Waals surface area contributed by atoms with Crippen LogP contribution in [0.5, 0.6) is 5.75 Å². The van der Waals surface area contributed by atoms with Crippen molar-refractivity contribution in [1.29, 1.82) is 0 Å². The molecule has 1 aliphatic heterocycles. The Kier molecular flexibility index (Phi) is 6.03. The quantitative estimate of drug-likeness (QED) is 0.805. The summed E-state index contributed by atoms with van der Waals surface area (Å²) in [6.07, 6.45) is 4.62. The molecule has 0 radical (unpaired) electrons. The second-order valence-corrected chi connectivity index (χ2v) is 3.55. The third-order valence-electron chi connectivity index (χ3n) is 2.42. The Hall–Kier alpha value is -1.05. The van der Waals surface area contributed by atoms with Crippen molar-refractivity contribution in [3.63, 3.8) is 0 Å². The molecule has 5 nitrogen and oxygen atoms in total. The summed E-state index contributed by atoms with van der Waals surface area (Å²) in [5.41, 5.74) is 1.03. The number of halogens is 1. The number of hydrogen-bond donors (Lipinski definition) is 2. The highest BCUT2D eigenvalue weighted by Gasteiger charge is 2.05. The van der Waals surface area contributed by atoms with Crippen LogP contribution in [0.2, 0.25) is 0 Å². The molecule has 0 atom stereocenters. The predicted molar refractivity (Wildman–Crippen MR) is 78.0 cm³/mol. The number of methoxy groups -OCH3 is 1. The second-order valence-electron chi connectivity index (χ2n) is 3.55. The van der Waals surface area contributed by atoms with E-state index >= 15 is 0 Å². The van der Waals surface area contributed by atoms with Crippen molar-refractivity contribution in [2.75, 3.05) is 20.2 Å². The Labute approximate surface area is 118 Å². The van der Waals surface area contributed by atoms with Crippen LogP contribution in [-0.4, -0.2) is 31.1 Å². The molecule has 0 fully saturated rings. The van der Waals surface area contributed by atoms with E-state index in [1.165, 1.54) is 0 Å². The Morgan fingerprint density at radius 2 is 2.41 bits per heavy atom. The maximum absolute atomic E-state index is 5.24. The minimum Gasteiger partial charge on any atom is -0.496 e. The molecule has 1 aromatic rings. The van der Waals surface area contributed by atoms with E-state index in [0.717, 1.165) is 36.8 Å². The van der Waals surface area contributed by atoms with Gasteiger partial charge in [-0.3, -0.25) is 9.98 Å². The molecule has 1 aliphatic rings. The molecule has 1 aromatic heterocycles. The van der Waals surface area contributed by atoms with E-state index in [9.17, 15) is 0 Å². The Balaban J connectivity index is 0.00000144. The molecule has 0 saturated heterocycles. The highest BCUT2D eigenvalue weighted by molar-refractivity contribution is 14.0. The van der Waals surface area contributed by atoms with E-state index in [4.69, 9.17) is 4.74 Å². The van der Waals surface area contributed by atoms with Crippen LogP contribution in [-0.2, 0) is 6.54 Å². The summed E-state index contributed by atoms with van der Waals surface area (Å²) in [6, 6.07) is 1.85. The van der Waals surface area contributed by atoms with Gasteiger partial charge < -0.3 is 15.4 Å². The minimum atomic E-state index is 0. The monoisotopic (exact) mass is 348 g/mol. The van der Waals surface area contributed by atoms with Gasteiger partial charge in [-0.2, -0.15) is 0 Å². The number of rotatable bonds is 3. The van der Waals surface area contributed by atoms with E-state index in [1.807, 2.05) is 6.07 Å². The van der Waals surface area contributed by atoms with Crippen LogP contribution in [0.25, 0.3) is 0 Å². The average molecular weight is 348 g/mol. The molecular formula is C11H17IN4O. The third-order valence-corrected chi connectivity index (χ3v) is 2.42. The fraction of sp³-hybridized carbons (Fsp3) is 0.455. The Morgan fingerprint density at radius 1 is 1.53 bits per heavy atom. The molecule has 0 bridgehead atoms. The summed E-state index contributed by atoms with van der Waals surface area (Å²) in [6.45, 7) is 2.54. The molecule has 17 heavy (non-hydrogen) atoms. The lowest BCUT2D eigenvalue weighted by Gasteiger charge is -2.16. The lowest BCUT2D eigenvalue weighted by Crippen LogP contribution is -2.40. The van der Waals surface area contributed by atoms with Crippen LogP contribution >= 0.6 is 24.0 Å². The highest BCUT2D eigenvalue weighted by Crippen LogP contribution is 2.15. The molecule has 94 valence electrons. The van der Waals surface area contributed by atoms with Crippen LogP contribution in [0.4, 0.5) is 0 Å². The fourth-order valence-corrected chi connectivity index (χ4v) is 1.58. The first-order valence-corrected chi connectivity index (χ1v) is 5.39. The number of nitrogens with zero attached hydrogens (tertiary/aromatic N) is 2. The first-order chi connectivity index (χ1) is 7.90. The standard InChI is InChI=1S/C11H16N4O.HI/c1-16-10-3-6-12-7-9(10)8-15-11-13-4-2-5-14-11;/h3,6-7H,2,4-5,8H2,1H3,(H2,13,14,15);1H. The lowest BCUT2D eigenvalue weighted by atomic mass is 10.2. The molecule has 0 aromatic carbocycles. The smallest absolute Gasteiger partial charge is 0.191 e. The molecule has 0 spiro atoms. The number of pyridine rings is 1.